The lowest BCUT2D eigenvalue weighted by Crippen LogP contribution is -1.92. The summed E-state index contributed by atoms with van der Waals surface area (Å²) in [4.78, 5) is 10.1. The van der Waals surface area contributed by atoms with Crippen LogP contribution in [-0.2, 0) is 5.33 Å². The first-order valence-corrected chi connectivity index (χ1v) is 7.26. The van der Waals surface area contributed by atoms with Crippen molar-refractivity contribution in [2.75, 3.05) is 0 Å². The second-order valence-corrected chi connectivity index (χ2v) is 5.02. The fraction of sp³-hybridized carbons (Fsp3) is 0.0714. The summed E-state index contributed by atoms with van der Waals surface area (Å²) in [7, 11) is 0. The SMILES string of the molecule is N#Cc1cc(CBr)ccc1Oc1ccc([N+](=O)[O-])cc1Cl. The number of ether oxygens (including phenoxy) is 1. The van der Waals surface area contributed by atoms with E-state index >= 15 is 0 Å². The lowest BCUT2D eigenvalue weighted by Gasteiger charge is -2.09. The third-order valence-corrected chi connectivity index (χ3v) is 3.61. The zero-order chi connectivity index (χ0) is 15.4. The first-order valence-electron chi connectivity index (χ1n) is 5.76. The molecular formula is C14H8BrClN2O3. The van der Waals surface area contributed by atoms with Crippen LogP contribution in [0.1, 0.15) is 11.1 Å². The molecule has 0 amide bonds. The van der Waals surface area contributed by atoms with E-state index in [-0.39, 0.29) is 16.5 Å². The van der Waals surface area contributed by atoms with Gasteiger partial charge in [0.05, 0.1) is 15.5 Å². The number of hydrogen-bond donors (Lipinski definition) is 0. The molecule has 0 aliphatic heterocycles. The number of benzene rings is 2. The Bertz CT molecular complexity index is 743. The van der Waals surface area contributed by atoms with Gasteiger partial charge in [-0.25, -0.2) is 0 Å². The van der Waals surface area contributed by atoms with Crippen molar-refractivity contribution in [2.24, 2.45) is 0 Å². The van der Waals surface area contributed by atoms with E-state index in [0.29, 0.717) is 16.6 Å². The molecule has 0 heterocycles. The van der Waals surface area contributed by atoms with Crippen LogP contribution in [0.4, 0.5) is 5.69 Å². The normalized spacial score (nSPS) is 9.95. The maximum absolute atomic E-state index is 10.7. The molecule has 0 saturated heterocycles. The molecule has 0 saturated carbocycles. The molecular weight excluding hydrogens is 360 g/mol. The van der Waals surface area contributed by atoms with Crippen LogP contribution in [0.25, 0.3) is 0 Å². The average molecular weight is 368 g/mol. The zero-order valence-corrected chi connectivity index (χ0v) is 12.9. The van der Waals surface area contributed by atoms with Gasteiger partial charge in [-0.05, 0) is 23.8 Å². The molecule has 2 aromatic rings. The maximum Gasteiger partial charge on any atom is 0.271 e. The third kappa shape index (κ3) is 3.51. The van der Waals surface area contributed by atoms with Gasteiger partial charge in [0.15, 0.2) is 0 Å². The highest BCUT2D eigenvalue weighted by molar-refractivity contribution is 9.08. The van der Waals surface area contributed by atoms with Gasteiger partial charge < -0.3 is 4.74 Å². The second kappa shape index (κ2) is 6.57. The molecule has 0 spiro atoms. The Balaban J connectivity index is 2.34. The van der Waals surface area contributed by atoms with Gasteiger partial charge in [-0.2, -0.15) is 5.26 Å². The molecule has 0 radical (unpaired) electrons. The quantitative estimate of drug-likeness (QED) is 0.441. The van der Waals surface area contributed by atoms with Crippen LogP contribution in [-0.4, -0.2) is 4.92 Å². The van der Waals surface area contributed by atoms with Crippen LogP contribution < -0.4 is 4.74 Å². The molecule has 2 aromatic carbocycles. The van der Waals surface area contributed by atoms with E-state index in [9.17, 15) is 10.1 Å². The van der Waals surface area contributed by atoms with E-state index in [4.69, 9.17) is 21.6 Å². The summed E-state index contributed by atoms with van der Waals surface area (Å²) >= 11 is 9.27. The number of nitrogens with zero attached hydrogens (tertiary/aromatic N) is 2. The number of alkyl halides is 1. The van der Waals surface area contributed by atoms with E-state index in [1.165, 1.54) is 18.2 Å². The van der Waals surface area contributed by atoms with Gasteiger partial charge in [0, 0.05) is 17.5 Å². The van der Waals surface area contributed by atoms with Crippen molar-refractivity contribution >= 4 is 33.2 Å². The van der Waals surface area contributed by atoms with Crippen molar-refractivity contribution < 1.29 is 9.66 Å². The van der Waals surface area contributed by atoms with Crippen molar-refractivity contribution in [1.82, 2.24) is 0 Å². The molecule has 0 aliphatic carbocycles. The van der Waals surface area contributed by atoms with Crippen LogP contribution in [0.15, 0.2) is 36.4 Å². The predicted molar refractivity (Wildman–Crippen MR) is 82.0 cm³/mol. The lowest BCUT2D eigenvalue weighted by molar-refractivity contribution is -0.384. The smallest absolute Gasteiger partial charge is 0.271 e. The first kappa shape index (κ1) is 15.3. The summed E-state index contributed by atoms with van der Waals surface area (Å²) in [5.41, 5.74) is 1.18. The van der Waals surface area contributed by atoms with Gasteiger partial charge >= 0.3 is 0 Å². The Labute approximate surface area is 134 Å². The number of halogens is 2. The number of rotatable bonds is 4. The highest BCUT2D eigenvalue weighted by Gasteiger charge is 2.13. The number of non-ortho nitro benzene ring substituents is 1. The summed E-state index contributed by atoms with van der Waals surface area (Å²) in [6.07, 6.45) is 0. The van der Waals surface area contributed by atoms with Gasteiger partial charge in [-0.1, -0.05) is 33.6 Å². The molecule has 2 rings (SSSR count). The fourth-order valence-corrected chi connectivity index (χ4v) is 2.20. The summed E-state index contributed by atoms with van der Waals surface area (Å²) in [6.45, 7) is 0. The van der Waals surface area contributed by atoms with E-state index in [2.05, 4.69) is 15.9 Å². The summed E-state index contributed by atoms with van der Waals surface area (Å²) in [6, 6.07) is 11.1. The Morgan fingerprint density at radius 1 is 1.29 bits per heavy atom. The standard InChI is InChI=1S/C14H8BrClN2O3/c15-7-9-1-3-13(10(5-9)8-17)21-14-4-2-11(18(19)20)6-12(14)16/h1-6H,7H2. The Hall–Kier alpha value is -2.10. The predicted octanol–water partition coefficient (Wildman–Crippen LogP) is 4.81. The average Bonchev–Trinajstić information content (AvgIpc) is 2.49. The third-order valence-electron chi connectivity index (χ3n) is 2.66. The van der Waals surface area contributed by atoms with Gasteiger partial charge in [-0.15, -0.1) is 0 Å². The van der Waals surface area contributed by atoms with Gasteiger partial charge in [0.2, 0.25) is 0 Å². The minimum Gasteiger partial charge on any atom is -0.454 e. The summed E-state index contributed by atoms with van der Waals surface area (Å²) in [5.74, 6) is 0.600. The Morgan fingerprint density at radius 3 is 2.57 bits per heavy atom. The minimum atomic E-state index is -0.541. The molecule has 0 aromatic heterocycles. The number of hydrogen-bond acceptors (Lipinski definition) is 4. The van der Waals surface area contributed by atoms with Crippen molar-refractivity contribution in [2.45, 2.75) is 5.33 Å². The van der Waals surface area contributed by atoms with Crippen LogP contribution in [0.2, 0.25) is 5.02 Å². The van der Waals surface area contributed by atoms with Gasteiger partial charge in [-0.3, -0.25) is 10.1 Å². The van der Waals surface area contributed by atoms with Crippen molar-refractivity contribution in [3.63, 3.8) is 0 Å². The van der Waals surface area contributed by atoms with E-state index in [0.717, 1.165) is 5.56 Å². The minimum absolute atomic E-state index is 0.109. The summed E-state index contributed by atoms with van der Waals surface area (Å²) < 4.78 is 5.57. The van der Waals surface area contributed by atoms with Gasteiger partial charge in [0.25, 0.3) is 5.69 Å². The van der Waals surface area contributed by atoms with Crippen molar-refractivity contribution in [1.29, 1.82) is 5.26 Å². The molecule has 0 atom stereocenters. The molecule has 0 aliphatic rings. The van der Waals surface area contributed by atoms with E-state index in [1.54, 1.807) is 12.1 Å². The monoisotopic (exact) mass is 366 g/mol. The molecule has 0 unspecified atom stereocenters. The Kier molecular flexibility index (Phi) is 4.78. The molecule has 106 valence electrons. The second-order valence-electron chi connectivity index (χ2n) is 4.05. The molecule has 0 N–H and O–H groups in total. The van der Waals surface area contributed by atoms with E-state index in [1.807, 2.05) is 12.1 Å². The Morgan fingerprint density at radius 2 is 2.00 bits per heavy atom. The molecule has 21 heavy (non-hydrogen) atoms. The summed E-state index contributed by atoms with van der Waals surface area (Å²) in [5, 5.41) is 20.5. The highest BCUT2D eigenvalue weighted by Crippen LogP contribution is 2.34. The number of nitro benzene ring substituents is 1. The maximum atomic E-state index is 10.7. The molecule has 5 nitrogen and oxygen atoms in total. The van der Waals surface area contributed by atoms with Crippen LogP contribution in [0.5, 0.6) is 11.5 Å². The topological polar surface area (TPSA) is 76.2 Å². The number of nitro groups is 1. The van der Waals surface area contributed by atoms with Crippen LogP contribution in [0, 0.1) is 21.4 Å². The van der Waals surface area contributed by atoms with E-state index < -0.39 is 4.92 Å². The molecule has 0 bridgehead atoms. The van der Waals surface area contributed by atoms with Gasteiger partial charge in [0.1, 0.15) is 17.6 Å². The largest absolute Gasteiger partial charge is 0.454 e. The van der Waals surface area contributed by atoms with Crippen molar-refractivity contribution in [3.8, 4) is 17.6 Å². The lowest BCUT2D eigenvalue weighted by atomic mass is 10.1. The van der Waals surface area contributed by atoms with Crippen LogP contribution in [0.3, 0.4) is 0 Å². The highest BCUT2D eigenvalue weighted by atomic mass is 79.9. The number of nitriles is 1. The zero-order valence-electron chi connectivity index (χ0n) is 10.5. The fourth-order valence-electron chi connectivity index (χ4n) is 1.64. The molecule has 0 fully saturated rings. The first-order chi connectivity index (χ1) is 10.0. The molecule has 7 heteroatoms. The van der Waals surface area contributed by atoms with Crippen molar-refractivity contribution in [3.05, 3.63) is 62.7 Å². The van der Waals surface area contributed by atoms with Crippen LogP contribution >= 0.6 is 27.5 Å².